The summed E-state index contributed by atoms with van der Waals surface area (Å²) in [6.45, 7) is 0. The van der Waals surface area contributed by atoms with Gasteiger partial charge >= 0.3 is 5.97 Å². The van der Waals surface area contributed by atoms with E-state index in [4.69, 9.17) is 9.52 Å². The van der Waals surface area contributed by atoms with Crippen molar-refractivity contribution in [2.75, 3.05) is 0 Å². The van der Waals surface area contributed by atoms with Crippen LogP contribution in [0.4, 0.5) is 0 Å². The lowest BCUT2D eigenvalue weighted by molar-refractivity contribution is -0.137. The molecule has 156 valence electrons. The Morgan fingerprint density at radius 2 is 1.86 bits per heavy atom. The van der Waals surface area contributed by atoms with Crippen LogP contribution in [0.25, 0.3) is 11.5 Å². The molecule has 0 aliphatic heterocycles. The van der Waals surface area contributed by atoms with Gasteiger partial charge in [-0.15, -0.1) is 10.2 Å². The number of amides is 1. The lowest BCUT2D eigenvalue weighted by Crippen LogP contribution is -2.37. The van der Waals surface area contributed by atoms with Crippen molar-refractivity contribution >= 4 is 11.9 Å². The predicted molar refractivity (Wildman–Crippen MR) is 108 cm³/mol. The van der Waals surface area contributed by atoms with E-state index < -0.39 is 5.97 Å². The maximum Gasteiger partial charge on any atom is 0.303 e. The first-order valence-electron chi connectivity index (χ1n) is 10.5. The number of aryl methyl sites for hydroxylation is 1. The molecule has 0 saturated heterocycles. The first kappa shape index (κ1) is 21.0. The van der Waals surface area contributed by atoms with Crippen molar-refractivity contribution in [2.45, 2.75) is 70.3 Å². The fourth-order valence-corrected chi connectivity index (χ4v) is 3.94. The maximum atomic E-state index is 12.4. The summed E-state index contributed by atoms with van der Waals surface area (Å²) >= 11 is 0. The van der Waals surface area contributed by atoms with E-state index in [0.29, 0.717) is 30.5 Å². The van der Waals surface area contributed by atoms with Crippen LogP contribution >= 0.6 is 0 Å². The highest BCUT2D eigenvalue weighted by Crippen LogP contribution is 2.28. The summed E-state index contributed by atoms with van der Waals surface area (Å²) in [6.07, 6.45) is 8.07. The number of carboxylic acid groups (broad SMARTS) is 1. The third-order valence-electron chi connectivity index (χ3n) is 5.47. The zero-order valence-electron chi connectivity index (χ0n) is 16.7. The van der Waals surface area contributed by atoms with Crippen LogP contribution in [0.2, 0.25) is 0 Å². The Morgan fingerprint density at radius 3 is 2.59 bits per heavy atom. The first-order valence-corrected chi connectivity index (χ1v) is 10.5. The van der Waals surface area contributed by atoms with E-state index in [1.807, 2.05) is 30.3 Å². The molecule has 1 aliphatic carbocycles. The summed E-state index contributed by atoms with van der Waals surface area (Å²) in [7, 11) is 0. The van der Waals surface area contributed by atoms with Crippen LogP contribution in [0, 0.1) is 5.92 Å². The minimum absolute atomic E-state index is 0.0712. The number of carboxylic acids is 1. The van der Waals surface area contributed by atoms with Crippen LogP contribution < -0.4 is 5.32 Å². The second kappa shape index (κ2) is 10.7. The lowest BCUT2D eigenvalue weighted by Gasteiger charge is -2.27. The van der Waals surface area contributed by atoms with Gasteiger partial charge in [0.15, 0.2) is 0 Å². The monoisotopic (exact) mass is 399 g/mol. The Morgan fingerprint density at radius 1 is 1.10 bits per heavy atom. The topological polar surface area (TPSA) is 105 Å². The van der Waals surface area contributed by atoms with E-state index in [1.165, 1.54) is 32.1 Å². The normalized spacial score (nSPS) is 15.7. The summed E-state index contributed by atoms with van der Waals surface area (Å²) in [4.78, 5) is 23.4. The van der Waals surface area contributed by atoms with E-state index in [-0.39, 0.29) is 24.8 Å². The molecule has 29 heavy (non-hydrogen) atoms. The Hall–Kier alpha value is -2.70. The number of hydrogen-bond acceptors (Lipinski definition) is 5. The largest absolute Gasteiger partial charge is 0.481 e. The number of aliphatic carboxylic acids is 1. The molecule has 1 heterocycles. The molecule has 1 aromatic carbocycles. The molecule has 1 saturated carbocycles. The molecule has 1 unspecified atom stereocenters. The second-order valence-electron chi connectivity index (χ2n) is 7.80. The average Bonchev–Trinajstić information content (AvgIpc) is 3.21. The Labute approximate surface area is 170 Å². The Bertz CT molecular complexity index is 784. The molecule has 1 fully saturated rings. The van der Waals surface area contributed by atoms with Gasteiger partial charge in [0.1, 0.15) is 0 Å². The van der Waals surface area contributed by atoms with Crippen molar-refractivity contribution < 1.29 is 19.1 Å². The summed E-state index contributed by atoms with van der Waals surface area (Å²) in [5.41, 5.74) is 0.844. The van der Waals surface area contributed by atoms with Crippen molar-refractivity contribution in [3.63, 3.8) is 0 Å². The van der Waals surface area contributed by atoms with Gasteiger partial charge in [-0.05, 0) is 30.9 Å². The van der Waals surface area contributed by atoms with E-state index in [1.54, 1.807) is 0 Å². The first-order chi connectivity index (χ1) is 14.1. The Balaban J connectivity index is 1.49. The summed E-state index contributed by atoms with van der Waals surface area (Å²) in [5.74, 6) is 0.515. The van der Waals surface area contributed by atoms with E-state index >= 15 is 0 Å². The predicted octanol–water partition coefficient (Wildman–Crippen LogP) is 3.99. The molecule has 7 nitrogen and oxygen atoms in total. The molecule has 1 aromatic heterocycles. The number of nitrogens with zero attached hydrogens (tertiary/aromatic N) is 2. The van der Waals surface area contributed by atoms with Crippen LogP contribution in [0.1, 0.15) is 63.7 Å². The van der Waals surface area contributed by atoms with Crippen LogP contribution in [0.15, 0.2) is 34.7 Å². The minimum Gasteiger partial charge on any atom is -0.481 e. The van der Waals surface area contributed by atoms with E-state index in [0.717, 1.165) is 12.0 Å². The molecule has 1 amide bonds. The van der Waals surface area contributed by atoms with Crippen molar-refractivity contribution in [3.05, 3.63) is 36.2 Å². The van der Waals surface area contributed by atoms with Crippen molar-refractivity contribution in [3.8, 4) is 11.5 Å². The molecular weight excluding hydrogens is 370 g/mol. The standard InChI is InChI=1S/C22H29N3O4/c26-19(12-13-20-24-25-22(29-20)17-9-5-2-6-10-17)23-18(11-14-21(27)28)15-16-7-3-1-4-8-16/h2,5-6,9-10,16,18H,1,3-4,7-8,11-15H2,(H,23,26)(H,27,28). The number of carbonyl (C=O) groups is 2. The SMILES string of the molecule is O=C(O)CCC(CC1CCCCC1)NC(=O)CCc1nnc(-c2ccccc2)o1. The molecule has 0 spiro atoms. The zero-order chi connectivity index (χ0) is 20.5. The van der Waals surface area contributed by atoms with Crippen molar-refractivity contribution in [1.82, 2.24) is 15.5 Å². The van der Waals surface area contributed by atoms with Crippen molar-refractivity contribution in [1.29, 1.82) is 0 Å². The fraction of sp³-hybridized carbons (Fsp3) is 0.545. The van der Waals surface area contributed by atoms with Crippen LogP contribution in [-0.2, 0) is 16.0 Å². The highest BCUT2D eigenvalue weighted by atomic mass is 16.4. The summed E-state index contributed by atoms with van der Waals surface area (Å²) in [5, 5.41) is 20.1. The fourth-order valence-electron chi connectivity index (χ4n) is 3.94. The van der Waals surface area contributed by atoms with E-state index in [9.17, 15) is 9.59 Å². The van der Waals surface area contributed by atoms with Gasteiger partial charge < -0.3 is 14.8 Å². The van der Waals surface area contributed by atoms with Gasteiger partial charge in [0, 0.05) is 30.9 Å². The molecule has 0 bridgehead atoms. The van der Waals surface area contributed by atoms with Crippen LogP contribution in [-0.4, -0.2) is 33.2 Å². The highest BCUT2D eigenvalue weighted by molar-refractivity contribution is 5.76. The molecule has 3 rings (SSSR count). The summed E-state index contributed by atoms with van der Waals surface area (Å²) in [6, 6.07) is 9.40. The molecule has 0 radical (unpaired) electrons. The maximum absolute atomic E-state index is 12.4. The van der Waals surface area contributed by atoms with Gasteiger partial charge in [0.2, 0.25) is 17.7 Å². The van der Waals surface area contributed by atoms with Crippen LogP contribution in [0.3, 0.4) is 0 Å². The number of aromatic nitrogens is 2. The van der Waals surface area contributed by atoms with Gasteiger partial charge in [-0.2, -0.15) is 0 Å². The number of rotatable bonds is 10. The van der Waals surface area contributed by atoms with E-state index in [2.05, 4.69) is 15.5 Å². The molecule has 7 heteroatoms. The number of nitrogens with one attached hydrogen (secondary N) is 1. The summed E-state index contributed by atoms with van der Waals surface area (Å²) < 4.78 is 5.65. The molecule has 1 atom stereocenters. The van der Waals surface area contributed by atoms with Crippen LogP contribution in [0.5, 0.6) is 0 Å². The third kappa shape index (κ3) is 7.00. The third-order valence-corrected chi connectivity index (χ3v) is 5.47. The van der Waals surface area contributed by atoms with Gasteiger partial charge in [0.05, 0.1) is 0 Å². The molecular formula is C22H29N3O4. The number of hydrogen-bond donors (Lipinski definition) is 2. The average molecular weight is 399 g/mol. The highest BCUT2D eigenvalue weighted by Gasteiger charge is 2.21. The van der Waals surface area contributed by atoms with Gasteiger partial charge in [0.25, 0.3) is 0 Å². The smallest absolute Gasteiger partial charge is 0.303 e. The second-order valence-corrected chi connectivity index (χ2v) is 7.80. The van der Waals surface area contributed by atoms with Gasteiger partial charge in [-0.25, -0.2) is 0 Å². The molecule has 2 N–H and O–H groups in total. The molecule has 2 aromatic rings. The zero-order valence-corrected chi connectivity index (χ0v) is 16.7. The minimum atomic E-state index is -0.827. The Kier molecular flexibility index (Phi) is 7.78. The van der Waals surface area contributed by atoms with Gasteiger partial charge in [-0.3, -0.25) is 9.59 Å². The number of carbonyl (C=O) groups excluding carboxylic acids is 1. The van der Waals surface area contributed by atoms with Gasteiger partial charge in [-0.1, -0.05) is 50.3 Å². The lowest BCUT2D eigenvalue weighted by atomic mass is 9.84. The number of benzene rings is 1. The molecule has 1 aliphatic rings. The quantitative estimate of drug-likeness (QED) is 0.626. The van der Waals surface area contributed by atoms with Crippen molar-refractivity contribution in [2.24, 2.45) is 5.92 Å².